The minimum Gasteiger partial charge on any atom is -0.494 e. The molecular formula is C21H23N3O4S. The molecule has 29 heavy (non-hydrogen) atoms. The summed E-state index contributed by atoms with van der Waals surface area (Å²) in [6.45, 7) is 4.79. The number of ether oxygens (including phenoxy) is 2. The zero-order chi connectivity index (χ0) is 20.6. The quantitative estimate of drug-likeness (QED) is 0.734. The summed E-state index contributed by atoms with van der Waals surface area (Å²) in [5.41, 5.74) is 1.76. The van der Waals surface area contributed by atoms with Crippen molar-refractivity contribution in [1.29, 1.82) is 0 Å². The van der Waals surface area contributed by atoms with Gasteiger partial charge in [0.05, 0.1) is 19.8 Å². The first-order valence-corrected chi connectivity index (χ1v) is 9.80. The normalized spacial score (nSPS) is 13.5. The van der Waals surface area contributed by atoms with Crippen molar-refractivity contribution in [2.75, 3.05) is 38.2 Å². The number of amides is 2. The van der Waals surface area contributed by atoms with E-state index in [2.05, 4.69) is 10.6 Å². The van der Waals surface area contributed by atoms with Crippen LogP contribution >= 0.6 is 12.2 Å². The van der Waals surface area contributed by atoms with Crippen LogP contribution in [-0.2, 0) is 4.74 Å². The fourth-order valence-corrected chi connectivity index (χ4v) is 3.06. The van der Waals surface area contributed by atoms with Gasteiger partial charge in [-0.2, -0.15) is 0 Å². The lowest BCUT2D eigenvalue weighted by molar-refractivity contribution is 0.0303. The molecule has 1 saturated heterocycles. The van der Waals surface area contributed by atoms with Crippen molar-refractivity contribution in [3.05, 3.63) is 59.7 Å². The molecule has 1 fully saturated rings. The molecule has 0 aliphatic carbocycles. The van der Waals surface area contributed by atoms with Crippen LogP contribution in [0.4, 0.5) is 5.69 Å². The van der Waals surface area contributed by atoms with E-state index in [4.69, 9.17) is 21.7 Å². The fourth-order valence-electron chi connectivity index (χ4n) is 2.85. The summed E-state index contributed by atoms with van der Waals surface area (Å²) in [6.07, 6.45) is 0. The van der Waals surface area contributed by atoms with Crippen LogP contribution in [0.25, 0.3) is 0 Å². The highest BCUT2D eigenvalue weighted by Gasteiger charge is 2.18. The van der Waals surface area contributed by atoms with Gasteiger partial charge in [0.25, 0.3) is 11.8 Å². The smallest absolute Gasteiger partial charge is 0.257 e. The van der Waals surface area contributed by atoms with E-state index < -0.39 is 0 Å². The Morgan fingerprint density at radius 3 is 2.28 bits per heavy atom. The number of anilines is 1. The van der Waals surface area contributed by atoms with E-state index in [1.54, 1.807) is 53.4 Å². The predicted octanol–water partition coefficient (Wildman–Crippen LogP) is 2.68. The summed E-state index contributed by atoms with van der Waals surface area (Å²) < 4.78 is 10.6. The highest BCUT2D eigenvalue weighted by atomic mass is 32.1. The van der Waals surface area contributed by atoms with Crippen LogP contribution < -0.4 is 15.4 Å². The lowest BCUT2D eigenvalue weighted by Gasteiger charge is -2.26. The average Bonchev–Trinajstić information content (AvgIpc) is 2.75. The van der Waals surface area contributed by atoms with Crippen molar-refractivity contribution < 1.29 is 19.1 Å². The number of carbonyl (C=O) groups is 2. The molecule has 2 N–H and O–H groups in total. The molecule has 0 unspecified atom stereocenters. The molecule has 1 aliphatic rings. The maximum absolute atomic E-state index is 12.5. The second-order valence-electron chi connectivity index (χ2n) is 6.35. The van der Waals surface area contributed by atoms with Crippen LogP contribution in [0.15, 0.2) is 48.5 Å². The molecule has 2 amide bonds. The number of hydrogen-bond acceptors (Lipinski definition) is 5. The van der Waals surface area contributed by atoms with Gasteiger partial charge in [0, 0.05) is 29.9 Å². The maximum atomic E-state index is 12.5. The molecule has 2 aromatic rings. The summed E-state index contributed by atoms with van der Waals surface area (Å²) in [5.74, 6) is 0.368. The molecular weight excluding hydrogens is 390 g/mol. The Kier molecular flexibility index (Phi) is 7.15. The summed E-state index contributed by atoms with van der Waals surface area (Å²) >= 11 is 5.21. The van der Waals surface area contributed by atoms with Crippen LogP contribution in [0.5, 0.6) is 5.75 Å². The van der Waals surface area contributed by atoms with E-state index in [0.29, 0.717) is 55.5 Å². The van der Waals surface area contributed by atoms with Gasteiger partial charge >= 0.3 is 0 Å². The Hall–Kier alpha value is -2.97. The van der Waals surface area contributed by atoms with E-state index in [0.717, 1.165) is 0 Å². The van der Waals surface area contributed by atoms with Crippen LogP contribution in [0.3, 0.4) is 0 Å². The van der Waals surface area contributed by atoms with Crippen LogP contribution in [0.1, 0.15) is 27.6 Å². The van der Waals surface area contributed by atoms with Gasteiger partial charge in [0.15, 0.2) is 5.11 Å². The number of hydrogen-bond donors (Lipinski definition) is 2. The Bertz CT molecular complexity index is 862. The van der Waals surface area contributed by atoms with Crippen LogP contribution in [0.2, 0.25) is 0 Å². The van der Waals surface area contributed by atoms with Crippen molar-refractivity contribution in [2.45, 2.75) is 6.92 Å². The summed E-state index contributed by atoms with van der Waals surface area (Å²) in [4.78, 5) is 26.5. The highest BCUT2D eigenvalue weighted by molar-refractivity contribution is 7.80. The molecule has 0 atom stereocenters. The van der Waals surface area contributed by atoms with Gasteiger partial charge in [-0.1, -0.05) is 0 Å². The van der Waals surface area contributed by atoms with Gasteiger partial charge in [0.1, 0.15) is 5.75 Å². The van der Waals surface area contributed by atoms with Crippen LogP contribution in [-0.4, -0.2) is 54.7 Å². The SMILES string of the molecule is CCOc1ccc(C(=O)NC(=S)Nc2ccc(C(=O)N3CCOCC3)cc2)cc1. The number of benzene rings is 2. The van der Waals surface area contributed by atoms with Gasteiger partial charge in [-0.05, 0) is 67.7 Å². The summed E-state index contributed by atoms with van der Waals surface area (Å²) in [6, 6.07) is 13.8. The van der Waals surface area contributed by atoms with Crippen molar-refractivity contribution in [2.24, 2.45) is 0 Å². The Morgan fingerprint density at radius 1 is 1.03 bits per heavy atom. The van der Waals surface area contributed by atoms with Crippen LogP contribution in [0, 0.1) is 0 Å². The zero-order valence-corrected chi connectivity index (χ0v) is 17.0. The maximum Gasteiger partial charge on any atom is 0.257 e. The van der Waals surface area contributed by atoms with Gasteiger partial charge in [0.2, 0.25) is 0 Å². The molecule has 0 spiro atoms. The number of nitrogens with zero attached hydrogens (tertiary/aromatic N) is 1. The summed E-state index contributed by atoms with van der Waals surface area (Å²) in [7, 11) is 0. The third-order valence-corrected chi connectivity index (χ3v) is 4.55. The van der Waals surface area contributed by atoms with E-state index in [-0.39, 0.29) is 16.9 Å². The third-order valence-electron chi connectivity index (χ3n) is 4.34. The van der Waals surface area contributed by atoms with Crippen molar-refractivity contribution in [1.82, 2.24) is 10.2 Å². The van der Waals surface area contributed by atoms with Gasteiger partial charge in [-0.3, -0.25) is 14.9 Å². The Balaban J connectivity index is 1.53. The van der Waals surface area contributed by atoms with Gasteiger partial charge in [-0.25, -0.2) is 0 Å². The molecule has 1 aliphatic heterocycles. The van der Waals surface area contributed by atoms with E-state index in [9.17, 15) is 9.59 Å². The first-order valence-electron chi connectivity index (χ1n) is 9.39. The van der Waals surface area contributed by atoms with Crippen molar-refractivity contribution in [3.63, 3.8) is 0 Å². The first kappa shape index (κ1) is 20.8. The molecule has 7 nitrogen and oxygen atoms in total. The Labute approximate surface area is 175 Å². The lowest BCUT2D eigenvalue weighted by Crippen LogP contribution is -2.40. The molecule has 152 valence electrons. The molecule has 0 saturated carbocycles. The van der Waals surface area contributed by atoms with Crippen molar-refractivity contribution >= 4 is 34.8 Å². The zero-order valence-electron chi connectivity index (χ0n) is 16.1. The lowest BCUT2D eigenvalue weighted by atomic mass is 10.1. The third kappa shape index (κ3) is 5.75. The minimum absolute atomic E-state index is 0.0220. The molecule has 3 rings (SSSR count). The number of thiocarbonyl (C=S) groups is 1. The monoisotopic (exact) mass is 413 g/mol. The van der Waals surface area contributed by atoms with Gasteiger partial charge < -0.3 is 19.7 Å². The second-order valence-corrected chi connectivity index (χ2v) is 6.76. The van der Waals surface area contributed by atoms with E-state index in [1.807, 2.05) is 6.92 Å². The second kappa shape index (κ2) is 9.99. The molecule has 1 heterocycles. The fraction of sp³-hybridized carbons (Fsp3) is 0.286. The minimum atomic E-state index is -0.315. The molecule has 0 radical (unpaired) electrons. The first-order chi connectivity index (χ1) is 14.1. The standard InChI is InChI=1S/C21H23N3O4S/c1-2-28-18-9-5-15(6-10-18)19(25)23-21(29)22-17-7-3-16(4-8-17)20(26)24-11-13-27-14-12-24/h3-10H,2,11-14H2,1H3,(H2,22,23,25,29). The molecule has 0 aromatic heterocycles. The van der Waals surface area contributed by atoms with Gasteiger partial charge in [-0.15, -0.1) is 0 Å². The Morgan fingerprint density at radius 2 is 1.66 bits per heavy atom. The number of nitrogens with one attached hydrogen (secondary N) is 2. The highest BCUT2D eigenvalue weighted by Crippen LogP contribution is 2.14. The largest absolute Gasteiger partial charge is 0.494 e. The van der Waals surface area contributed by atoms with Crippen molar-refractivity contribution in [3.8, 4) is 5.75 Å². The number of rotatable bonds is 5. The molecule has 0 bridgehead atoms. The topological polar surface area (TPSA) is 79.9 Å². The number of carbonyl (C=O) groups excluding carboxylic acids is 2. The predicted molar refractivity (Wildman–Crippen MR) is 114 cm³/mol. The average molecular weight is 413 g/mol. The summed E-state index contributed by atoms with van der Waals surface area (Å²) in [5, 5.41) is 5.76. The number of morpholine rings is 1. The van der Waals surface area contributed by atoms with E-state index in [1.165, 1.54) is 0 Å². The molecule has 2 aromatic carbocycles. The van der Waals surface area contributed by atoms with E-state index >= 15 is 0 Å². The molecule has 8 heteroatoms.